The van der Waals surface area contributed by atoms with Crippen molar-refractivity contribution in [1.82, 2.24) is 10.2 Å². The Kier molecular flexibility index (Phi) is 5.21. The van der Waals surface area contributed by atoms with Crippen LogP contribution in [0.5, 0.6) is 5.75 Å². The predicted octanol–water partition coefficient (Wildman–Crippen LogP) is 0.893. The van der Waals surface area contributed by atoms with Gasteiger partial charge >= 0.3 is 5.97 Å². The van der Waals surface area contributed by atoms with Gasteiger partial charge in [-0.2, -0.15) is 0 Å². The Labute approximate surface area is 146 Å². The van der Waals surface area contributed by atoms with Crippen LogP contribution in [-0.2, 0) is 14.4 Å². The van der Waals surface area contributed by atoms with Crippen LogP contribution in [0.25, 0.3) is 0 Å². The van der Waals surface area contributed by atoms with Crippen LogP contribution in [0.4, 0.5) is 0 Å². The summed E-state index contributed by atoms with van der Waals surface area (Å²) in [5.41, 5.74) is 0. The van der Waals surface area contributed by atoms with Crippen molar-refractivity contribution in [3.8, 4) is 5.75 Å². The number of likely N-dealkylation sites (tertiary alicyclic amines) is 1. The van der Waals surface area contributed by atoms with Crippen LogP contribution in [0.2, 0.25) is 0 Å². The molecular formula is C18H22N2O5. The molecule has 7 nitrogen and oxygen atoms in total. The molecule has 2 fully saturated rings. The number of hydrogen-bond acceptors (Lipinski definition) is 4. The normalized spacial score (nSPS) is 25.4. The van der Waals surface area contributed by atoms with Crippen molar-refractivity contribution in [2.75, 3.05) is 19.7 Å². The first-order valence-electron chi connectivity index (χ1n) is 8.53. The van der Waals surface area contributed by atoms with E-state index >= 15 is 0 Å². The molecule has 0 radical (unpaired) electrons. The highest BCUT2D eigenvalue weighted by molar-refractivity contribution is 5.87. The molecule has 3 rings (SSSR count). The summed E-state index contributed by atoms with van der Waals surface area (Å²) in [6.45, 7) is 1.29. The Morgan fingerprint density at radius 2 is 1.92 bits per heavy atom. The summed E-state index contributed by atoms with van der Waals surface area (Å²) in [7, 11) is 0. The number of hydrogen-bond donors (Lipinski definition) is 2. The van der Waals surface area contributed by atoms with E-state index in [0.717, 1.165) is 5.75 Å². The van der Waals surface area contributed by atoms with Crippen molar-refractivity contribution in [1.29, 1.82) is 0 Å². The lowest BCUT2D eigenvalue weighted by Gasteiger charge is -2.32. The Balaban J connectivity index is 1.43. The van der Waals surface area contributed by atoms with Crippen LogP contribution < -0.4 is 10.1 Å². The minimum atomic E-state index is -0.923. The highest BCUT2D eigenvalue weighted by Gasteiger charge is 2.42. The maximum atomic E-state index is 12.2. The van der Waals surface area contributed by atoms with E-state index < -0.39 is 17.8 Å². The lowest BCUT2D eigenvalue weighted by Crippen LogP contribution is -2.48. The van der Waals surface area contributed by atoms with Crippen LogP contribution >= 0.6 is 0 Å². The second-order valence-corrected chi connectivity index (χ2v) is 6.54. The van der Waals surface area contributed by atoms with E-state index in [1.807, 2.05) is 30.3 Å². The number of benzene rings is 1. The Bertz CT molecular complexity index is 648. The number of carbonyl (C=O) groups is 3. The molecule has 2 aliphatic rings. The monoisotopic (exact) mass is 346 g/mol. The smallest absolute Gasteiger partial charge is 0.307 e. The van der Waals surface area contributed by atoms with Gasteiger partial charge in [-0.15, -0.1) is 0 Å². The molecule has 134 valence electrons. The third-order valence-electron chi connectivity index (χ3n) is 4.86. The van der Waals surface area contributed by atoms with E-state index in [-0.39, 0.29) is 24.3 Å². The molecule has 0 unspecified atom stereocenters. The topological polar surface area (TPSA) is 95.9 Å². The van der Waals surface area contributed by atoms with E-state index in [4.69, 9.17) is 9.84 Å². The molecule has 1 aromatic carbocycles. The van der Waals surface area contributed by atoms with Gasteiger partial charge in [-0.3, -0.25) is 14.4 Å². The summed E-state index contributed by atoms with van der Waals surface area (Å²) in [5.74, 6) is -1.50. The first-order valence-corrected chi connectivity index (χ1v) is 8.53. The van der Waals surface area contributed by atoms with Gasteiger partial charge in [0.05, 0.1) is 24.4 Å². The van der Waals surface area contributed by atoms with Gasteiger partial charge in [0.15, 0.2) is 0 Å². The summed E-state index contributed by atoms with van der Waals surface area (Å²) in [4.78, 5) is 36.9. The van der Waals surface area contributed by atoms with Crippen LogP contribution in [-0.4, -0.2) is 53.5 Å². The second kappa shape index (κ2) is 7.55. The van der Waals surface area contributed by atoms with Crippen molar-refractivity contribution in [2.24, 2.45) is 11.8 Å². The lowest BCUT2D eigenvalue weighted by atomic mass is 9.73. The third kappa shape index (κ3) is 4.10. The average Bonchev–Trinajstić information content (AvgIpc) is 2.86. The van der Waals surface area contributed by atoms with E-state index in [0.29, 0.717) is 32.5 Å². The number of nitrogens with one attached hydrogen (secondary N) is 1. The van der Waals surface area contributed by atoms with Crippen molar-refractivity contribution in [3.05, 3.63) is 30.3 Å². The summed E-state index contributed by atoms with van der Waals surface area (Å²) in [5, 5.41) is 11.9. The quantitative estimate of drug-likeness (QED) is 0.764. The molecule has 1 aromatic rings. The molecule has 0 aromatic heterocycles. The van der Waals surface area contributed by atoms with Crippen molar-refractivity contribution >= 4 is 17.8 Å². The molecule has 25 heavy (non-hydrogen) atoms. The number of amides is 2. The minimum absolute atomic E-state index is 0.0228. The number of para-hydroxylation sites is 1. The number of ether oxygens (including phenoxy) is 1. The molecule has 1 saturated carbocycles. The Morgan fingerprint density at radius 3 is 2.56 bits per heavy atom. The van der Waals surface area contributed by atoms with Gasteiger partial charge in [0.1, 0.15) is 12.4 Å². The average molecular weight is 346 g/mol. The van der Waals surface area contributed by atoms with Crippen molar-refractivity contribution < 1.29 is 24.2 Å². The molecule has 0 spiro atoms. The van der Waals surface area contributed by atoms with E-state index in [9.17, 15) is 14.4 Å². The molecule has 1 aliphatic carbocycles. The maximum Gasteiger partial charge on any atom is 0.307 e. The first-order chi connectivity index (χ1) is 12.0. The number of rotatable bonds is 7. The zero-order valence-corrected chi connectivity index (χ0v) is 13.9. The predicted molar refractivity (Wildman–Crippen MR) is 88.9 cm³/mol. The number of carboxylic acid groups (broad SMARTS) is 1. The number of aliphatic carboxylic acids is 1. The lowest BCUT2D eigenvalue weighted by molar-refractivity contribution is -0.152. The fraction of sp³-hybridized carbons (Fsp3) is 0.500. The standard InChI is InChI=1S/C18H22N2O5/c21-16-10-12(19-17(22)14-6-7-15(14)18(23)24)11-20(16)8-9-25-13-4-2-1-3-5-13/h1-5,12,14-15H,6-11H2,(H,19,22)(H,23,24)/t12-,14-,15+/m0/s1. The summed E-state index contributed by atoms with van der Waals surface area (Å²) < 4.78 is 5.59. The molecular weight excluding hydrogens is 324 g/mol. The third-order valence-corrected chi connectivity index (χ3v) is 4.86. The Morgan fingerprint density at radius 1 is 1.20 bits per heavy atom. The first kappa shape index (κ1) is 17.3. The van der Waals surface area contributed by atoms with Gasteiger partial charge in [0, 0.05) is 13.0 Å². The fourth-order valence-corrected chi connectivity index (χ4v) is 3.29. The molecule has 3 atom stereocenters. The van der Waals surface area contributed by atoms with Gasteiger partial charge in [-0.25, -0.2) is 0 Å². The number of carboxylic acids is 1. The van der Waals surface area contributed by atoms with Crippen LogP contribution in [0.3, 0.4) is 0 Å². The van der Waals surface area contributed by atoms with E-state index in [2.05, 4.69) is 5.32 Å². The highest BCUT2D eigenvalue weighted by Crippen LogP contribution is 2.34. The molecule has 1 aliphatic heterocycles. The van der Waals surface area contributed by atoms with Gasteiger partial charge in [-0.05, 0) is 25.0 Å². The molecule has 2 N–H and O–H groups in total. The van der Waals surface area contributed by atoms with Crippen LogP contribution in [0, 0.1) is 11.8 Å². The highest BCUT2D eigenvalue weighted by atomic mass is 16.5. The summed E-state index contributed by atoms with van der Waals surface area (Å²) in [6, 6.07) is 9.12. The van der Waals surface area contributed by atoms with Crippen LogP contribution in [0.1, 0.15) is 19.3 Å². The van der Waals surface area contributed by atoms with Crippen molar-refractivity contribution in [2.45, 2.75) is 25.3 Å². The second-order valence-electron chi connectivity index (χ2n) is 6.54. The summed E-state index contributed by atoms with van der Waals surface area (Å²) in [6.07, 6.45) is 1.39. The molecule has 0 bridgehead atoms. The van der Waals surface area contributed by atoms with Gasteiger partial charge in [0.25, 0.3) is 0 Å². The van der Waals surface area contributed by atoms with Crippen LogP contribution in [0.15, 0.2) is 30.3 Å². The van der Waals surface area contributed by atoms with Gasteiger partial charge in [0.2, 0.25) is 11.8 Å². The fourth-order valence-electron chi connectivity index (χ4n) is 3.29. The van der Waals surface area contributed by atoms with E-state index in [1.165, 1.54) is 0 Å². The molecule has 7 heteroatoms. The largest absolute Gasteiger partial charge is 0.492 e. The number of nitrogens with zero attached hydrogens (tertiary/aromatic N) is 1. The Hall–Kier alpha value is -2.57. The molecule has 1 heterocycles. The van der Waals surface area contributed by atoms with Gasteiger partial charge < -0.3 is 20.1 Å². The van der Waals surface area contributed by atoms with Crippen molar-refractivity contribution in [3.63, 3.8) is 0 Å². The van der Waals surface area contributed by atoms with Gasteiger partial charge in [-0.1, -0.05) is 18.2 Å². The molecule has 1 saturated heterocycles. The zero-order valence-electron chi connectivity index (χ0n) is 13.9. The molecule has 2 amide bonds. The van der Waals surface area contributed by atoms with E-state index in [1.54, 1.807) is 4.90 Å². The summed E-state index contributed by atoms with van der Waals surface area (Å²) >= 11 is 0. The minimum Gasteiger partial charge on any atom is -0.492 e. The number of carbonyl (C=O) groups excluding carboxylic acids is 2. The zero-order chi connectivity index (χ0) is 17.8. The maximum absolute atomic E-state index is 12.2. The SMILES string of the molecule is O=C(N[C@H]1CC(=O)N(CCOc2ccccc2)C1)[C@H]1CC[C@H]1C(=O)O.